The summed E-state index contributed by atoms with van der Waals surface area (Å²) in [7, 11) is 0. The molecule has 0 saturated heterocycles. The van der Waals surface area contributed by atoms with Crippen molar-refractivity contribution >= 4 is 64.2 Å². The van der Waals surface area contributed by atoms with Crippen LogP contribution in [0.3, 0.4) is 0 Å². The van der Waals surface area contributed by atoms with Crippen LogP contribution in [0, 0.1) is 5.92 Å². The van der Waals surface area contributed by atoms with Gasteiger partial charge in [0.1, 0.15) is 36.3 Å². The van der Waals surface area contributed by atoms with Crippen LogP contribution in [-0.2, 0) is 49.6 Å². The zero-order valence-electron chi connectivity index (χ0n) is 32.3. The maximum Gasteiger partial charge on any atom is 0.326 e. The quantitative estimate of drug-likeness (QED) is 0.0538. The molecule has 7 amide bonds. The van der Waals surface area contributed by atoms with Crippen LogP contribution in [-0.4, -0.2) is 129 Å². The number of rotatable bonds is 23. The van der Waals surface area contributed by atoms with Crippen LogP contribution < -0.4 is 43.0 Å². The third-order valence-corrected chi connectivity index (χ3v) is 8.57. The van der Waals surface area contributed by atoms with Gasteiger partial charge in [0, 0.05) is 23.5 Å². The molecule has 0 aliphatic carbocycles. The minimum atomic E-state index is -1.55. The van der Waals surface area contributed by atoms with Crippen molar-refractivity contribution in [1.29, 1.82) is 0 Å². The average molecular weight is 804 g/mol. The number of amides is 7. The smallest absolute Gasteiger partial charge is 0.326 e. The number of aliphatic carboxylic acids is 2. The number of carboxylic acids is 2. The van der Waals surface area contributed by atoms with Crippen LogP contribution in [0.2, 0.25) is 0 Å². The van der Waals surface area contributed by atoms with Gasteiger partial charge in [-0.2, -0.15) is 0 Å². The van der Waals surface area contributed by atoms with Crippen LogP contribution in [0.15, 0.2) is 30.5 Å². The van der Waals surface area contributed by atoms with Crippen LogP contribution >= 0.6 is 0 Å². The molecule has 2 aromatic rings. The molecule has 21 heteroatoms. The number of nitrogens with one attached hydrogen (secondary N) is 8. The Morgan fingerprint density at radius 2 is 1.23 bits per heavy atom. The molecular formula is C36H53N9O12. The summed E-state index contributed by atoms with van der Waals surface area (Å²) in [6.45, 7) is 5.90. The summed E-state index contributed by atoms with van der Waals surface area (Å²) >= 11 is 0. The number of benzene rings is 1. The van der Waals surface area contributed by atoms with E-state index in [4.69, 9.17) is 10.8 Å². The second-order valence-electron chi connectivity index (χ2n) is 13.9. The van der Waals surface area contributed by atoms with Crippen molar-refractivity contribution < 1.29 is 58.5 Å². The van der Waals surface area contributed by atoms with E-state index in [9.17, 15) is 53.4 Å². The highest BCUT2D eigenvalue weighted by atomic mass is 16.4. The zero-order valence-corrected chi connectivity index (χ0v) is 32.3. The molecule has 0 bridgehead atoms. The van der Waals surface area contributed by atoms with Crippen LogP contribution in [0.25, 0.3) is 10.9 Å². The van der Waals surface area contributed by atoms with Gasteiger partial charge in [-0.25, -0.2) is 4.79 Å². The standard InChI is InChI=1S/C36H53N9O12/c1-17(2)12-26(34(54)41-19(4)31(51)44-25(36(56)57)10-11-29(48)49)45-32(52)20(5)42-35(55)27(16-46)43-28(47)15-39-30(50)18(3)40-33(53)23(37)13-21-14-38-24-9-7-6-8-22(21)24/h6-9,14,17-20,23,25-27,38,46H,10-13,15-16,37H2,1-5H3,(H,39,50)(H,40,53)(H,41,54)(H,42,55)(H,43,47)(H,44,51)(H,45,52)(H,48,49)(H,56,57)/t18-,19-,20-,23-,25-,26-,27-/m0/s1. The van der Waals surface area contributed by atoms with E-state index >= 15 is 0 Å². The number of hydrogen-bond donors (Lipinski definition) is 12. The van der Waals surface area contributed by atoms with E-state index in [1.807, 2.05) is 24.3 Å². The topological polar surface area (TPSA) is 340 Å². The number of aromatic amines is 1. The summed E-state index contributed by atoms with van der Waals surface area (Å²) in [4.78, 5) is 115. The van der Waals surface area contributed by atoms with Crippen molar-refractivity contribution in [3.05, 3.63) is 36.0 Å². The van der Waals surface area contributed by atoms with Gasteiger partial charge >= 0.3 is 11.9 Å². The fraction of sp³-hybridized carbons (Fsp3) is 0.528. The van der Waals surface area contributed by atoms with Crippen molar-refractivity contribution in [2.24, 2.45) is 11.7 Å². The van der Waals surface area contributed by atoms with Gasteiger partial charge in [-0.1, -0.05) is 32.0 Å². The van der Waals surface area contributed by atoms with Crippen LogP contribution in [0.5, 0.6) is 0 Å². The predicted octanol–water partition coefficient (Wildman–Crippen LogP) is -2.89. The Labute approximate surface area is 328 Å². The number of nitrogens with two attached hydrogens (primary N) is 1. The molecule has 57 heavy (non-hydrogen) atoms. The predicted molar refractivity (Wildman–Crippen MR) is 203 cm³/mol. The summed E-state index contributed by atoms with van der Waals surface area (Å²) in [5.41, 5.74) is 7.77. The zero-order chi connectivity index (χ0) is 43.0. The SMILES string of the molecule is CC(C)C[C@H](NC(=O)[C@H](C)NC(=O)[C@H](CO)NC(=O)CNC(=O)[C@H](C)NC(=O)[C@@H](N)Cc1c[nH]c2ccccc12)C(=O)N[C@@H](C)C(=O)N[C@@H](CCC(=O)O)C(=O)O. The molecular weight excluding hydrogens is 750 g/mol. The fourth-order valence-corrected chi connectivity index (χ4v) is 5.36. The molecule has 314 valence electrons. The molecule has 0 aliphatic heterocycles. The molecule has 21 nitrogen and oxygen atoms in total. The number of aromatic nitrogens is 1. The lowest BCUT2D eigenvalue weighted by Gasteiger charge is -2.25. The largest absolute Gasteiger partial charge is 0.481 e. The van der Waals surface area contributed by atoms with Gasteiger partial charge in [0.15, 0.2) is 0 Å². The van der Waals surface area contributed by atoms with Crippen molar-refractivity contribution in [3.63, 3.8) is 0 Å². The molecule has 0 aliphatic rings. The molecule has 0 unspecified atom stereocenters. The number of carboxylic acid groups (broad SMARTS) is 2. The number of para-hydroxylation sites is 1. The van der Waals surface area contributed by atoms with Gasteiger partial charge in [-0.05, 0) is 57.6 Å². The van der Waals surface area contributed by atoms with E-state index in [-0.39, 0.29) is 18.8 Å². The number of aliphatic hydroxyl groups excluding tert-OH is 1. The second kappa shape index (κ2) is 22.5. The van der Waals surface area contributed by atoms with E-state index in [2.05, 4.69) is 42.2 Å². The lowest BCUT2D eigenvalue weighted by molar-refractivity contribution is -0.143. The Balaban J connectivity index is 1.87. The number of fused-ring (bicyclic) bond motifs is 1. The third-order valence-electron chi connectivity index (χ3n) is 8.57. The van der Waals surface area contributed by atoms with Gasteiger partial charge in [0.25, 0.3) is 0 Å². The van der Waals surface area contributed by atoms with Crippen molar-refractivity contribution in [2.45, 2.75) is 103 Å². The maximum atomic E-state index is 13.1. The number of aliphatic hydroxyl groups is 1. The highest BCUT2D eigenvalue weighted by Gasteiger charge is 2.31. The van der Waals surface area contributed by atoms with Crippen LogP contribution in [0.4, 0.5) is 0 Å². The van der Waals surface area contributed by atoms with Crippen molar-refractivity contribution in [3.8, 4) is 0 Å². The highest BCUT2D eigenvalue weighted by molar-refractivity contribution is 5.97. The molecule has 1 aromatic heterocycles. The van der Waals surface area contributed by atoms with E-state index in [1.165, 1.54) is 20.8 Å². The average Bonchev–Trinajstić information content (AvgIpc) is 3.55. The first-order valence-corrected chi connectivity index (χ1v) is 18.2. The van der Waals surface area contributed by atoms with Gasteiger partial charge < -0.3 is 63.3 Å². The number of H-pyrrole nitrogens is 1. The van der Waals surface area contributed by atoms with Gasteiger partial charge in [-0.3, -0.25) is 38.4 Å². The Kier molecular flexibility index (Phi) is 18.5. The normalized spacial score (nSPS) is 14.7. The second-order valence-corrected chi connectivity index (χ2v) is 13.9. The summed E-state index contributed by atoms with van der Waals surface area (Å²) in [6, 6.07) is -1.45. The highest BCUT2D eigenvalue weighted by Crippen LogP contribution is 2.18. The fourth-order valence-electron chi connectivity index (χ4n) is 5.36. The lowest BCUT2D eigenvalue weighted by Crippen LogP contribution is -2.58. The molecule has 0 radical (unpaired) electrons. The Bertz CT molecular complexity index is 1780. The van der Waals surface area contributed by atoms with E-state index < -0.39 is 122 Å². The van der Waals surface area contributed by atoms with Crippen molar-refractivity contribution in [2.75, 3.05) is 13.2 Å². The first kappa shape index (κ1) is 47.1. The molecule has 0 fully saturated rings. The summed E-state index contributed by atoms with van der Waals surface area (Å²) in [5.74, 6) is -8.62. The monoisotopic (exact) mass is 803 g/mol. The molecule has 0 spiro atoms. The van der Waals surface area contributed by atoms with Crippen LogP contribution in [0.1, 0.15) is 59.4 Å². The Hall–Kier alpha value is -6.09. The van der Waals surface area contributed by atoms with Gasteiger partial charge in [0.2, 0.25) is 41.4 Å². The Morgan fingerprint density at radius 3 is 1.79 bits per heavy atom. The third kappa shape index (κ3) is 15.5. The molecule has 13 N–H and O–H groups in total. The molecule has 1 heterocycles. The molecule has 1 aromatic carbocycles. The number of hydrogen-bond acceptors (Lipinski definition) is 11. The first-order chi connectivity index (χ1) is 26.7. The minimum absolute atomic E-state index is 0.0874. The van der Waals surface area contributed by atoms with E-state index in [0.717, 1.165) is 16.5 Å². The summed E-state index contributed by atoms with van der Waals surface area (Å²) in [6.07, 6.45) is 1.12. The Morgan fingerprint density at radius 1 is 0.684 bits per heavy atom. The first-order valence-electron chi connectivity index (χ1n) is 18.2. The molecule has 7 atom stereocenters. The van der Waals surface area contributed by atoms with E-state index in [1.54, 1.807) is 20.0 Å². The van der Waals surface area contributed by atoms with Gasteiger partial charge in [-0.15, -0.1) is 0 Å². The van der Waals surface area contributed by atoms with Crippen molar-refractivity contribution in [1.82, 2.24) is 42.2 Å². The maximum absolute atomic E-state index is 13.1. The van der Waals surface area contributed by atoms with E-state index in [0.29, 0.717) is 0 Å². The number of carbonyl (C=O) groups excluding carboxylic acids is 7. The molecule has 2 rings (SSSR count). The minimum Gasteiger partial charge on any atom is -0.481 e. The lowest BCUT2D eigenvalue weighted by atomic mass is 10.0. The summed E-state index contributed by atoms with van der Waals surface area (Å²) in [5, 5.41) is 45.2. The molecule has 0 saturated carbocycles. The van der Waals surface area contributed by atoms with Gasteiger partial charge in [0.05, 0.1) is 19.2 Å². The number of carbonyl (C=O) groups is 9. The summed E-state index contributed by atoms with van der Waals surface area (Å²) < 4.78 is 0.